The largest absolute Gasteiger partial charge is 0.478 e. The van der Waals surface area contributed by atoms with Crippen molar-refractivity contribution in [3.63, 3.8) is 0 Å². The molecule has 0 aliphatic heterocycles. The molecule has 0 bridgehead atoms. The minimum absolute atomic E-state index is 0.0141. The Hall–Kier alpha value is -6.68. The van der Waals surface area contributed by atoms with Gasteiger partial charge in [0.1, 0.15) is 28.0 Å². The fourth-order valence-corrected chi connectivity index (χ4v) is 5.80. The van der Waals surface area contributed by atoms with E-state index in [2.05, 4.69) is 0 Å². The summed E-state index contributed by atoms with van der Waals surface area (Å²) in [5.41, 5.74) is 5.37. The molecule has 0 radical (unpaired) electrons. The van der Waals surface area contributed by atoms with Crippen molar-refractivity contribution >= 4 is 11.9 Å². The van der Waals surface area contributed by atoms with E-state index < -0.39 is 11.9 Å². The lowest BCUT2D eigenvalue weighted by Gasteiger charge is -2.11. The lowest BCUT2D eigenvalue weighted by atomic mass is 9.96. The van der Waals surface area contributed by atoms with Gasteiger partial charge in [0.2, 0.25) is 0 Å². The number of benzene rings is 6. The molecule has 6 aromatic carbocycles. The molecular formula is C44H36F2NO7+. The number of carbonyl (C=O) groups is 2. The Morgan fingerprint density at radius 3 is 1.20 bits per heavy atom. The number of hydrogen-bond donors (Lipinski definition) is 0. The highest BCUT2D eigenvalue weighted by Gasteiger charge is 2.16. The summed E-state index contributed by atoms with van der Waals surface area (Å²) in [6.07, 6.45) is 0.954. The number of rotatable bonds is 16. The van der Waals surface area contributed by atoms with Crippen LogP contribution in [0.5, 0.6) is 11.5 Å². The molecule has 0 unspecified atom stereocenters. The van der Waals surface area contributed by atoms with Crippen molar-refractivity contribution in [3.8, 4) is 33.8 Å². The molecule has 0 saturated heterocycles. The molecule has 6 aromatic rings. The minimum Gasteiger partial charge on any atom is -0.427 e. The maximum absolute atomic E-state index is 14.4. The van der Waals surface area contributed by atoms with Gasteiger partial charge in [-0.3, -0.25) is 9.59 Å². The van der Waals surface area contributed by atoms with Crippen LogP contribution >= 0.6 is 0 Å². The molecule has 0 saturated carbocycles. The smallest absolute Gasteiger partial charge is 0.427 e. The van der Waals surface area contributed by atoms with E-state index in [0.717, 1.165) is 22.3 Å². The van der Waals surface area contributed by atoms with Crippen molar-refractivity contribution in [3.05, 3.63) is 184 Å². The molecule has 0 aliphatic carbocycles. The standard InChI is InChI=1S/C44H36F2NO7/c45-41-15-7-5-13-39(41)37-11-3-1-9-33(37)21-27-43(48)53-35-23-17-31(18-24-35)29-51-47(50)52-30-32-19-25-36(26-20-32)54-44(49)28-22-34-10-2-4-12-38(34)40-14-6-8-16-42(40)46/h1-20,23-26H,21-22,27-30H2/q+1. The second-order valence-corrected chi connectivity index (χ2v) is 12.3. The average Bonchev–Trinajstić information content (AvgIpc) is 3.19. The lowest BCUT2D eigenvalue weighted by molar-refractivity contribution is -0.987. The first-order valence-electron chi connectivity index (χ1n) is 17.3. The second-order valence-electron chi connectivity index (χ2n) is 12.3. The van der Waals surface area contributed by atoms with Crippen LogP contribution in [0.25, 0.3) is 22.3 Å². The number of nitrogens with zero attached hydrogens (tertiary/aromatic N) is 1. The van der Waals surface area contributed by atoms with Gasteiger partial charge in [0.25, 0.3) is 0 Å². The fraction of sp³-hybridized carbons (Fsp3) is 0.136. The number of hydrogen-bond acceptors (Lipinski definition) is 7. The Morgan fingerprint density at radius 1 is 0.463 bits per heavy atom. The summed E-state index contributed by atoms with van der Waals surface area (Å²) in [7, 11) is 0. The van der Waals surface area contributed by atoms with E-state index in [1.54, 1.807) is 84.9 Å². The van der Waals surface area contributed by atoms with Crippen LogP contribution in [0.3, 0.4) is 0 Å². The van der Waals surface area contributed by atoms with Gasteiger partial charge in [0, 0.05) is 11.1 Å². The van der Waals surface area contributed by atoms with Crippen LogP contribution in [0.1, 0.15) is 35.1 Å². The lowest BCUT2D eigenvalue weighted by Crippen LogP contribution is -2.11. The number of halogens is 2. The molecule has 0 N–H and O–H groups in total. The van der Waals surface area contributed by atoms with E-state index in [4.69, 9.17) is 19.1 Å². The summed E-state index contributed by atoms with van der Waals surface area (Å²) >= 11 is 0. The maximum atomic E-state index is 14.4. The first-order chi connectivity index (χ1) is 26.3. The second kappa shape index (κ2) is 18.2. The number of ether oxygens (including phenoxy) is 2. The Balaban J connectivity index is 0.896. The molecule has 6 rings (SSSR count). The van der Waals surface area contributed by atoms with Gasteiger partial charge in [-0.25, -0.2) is 8.78 Å². The highest BCUT2D eigenvalue weighted by atomic mass is 19.1. The van der Waals surface area contributed by atoms with Crippen molar-refractivity contribution in [2.75, 3.05) is 0 Å². The van der Waals surface area contributed by atoms with Crippen LogP contribution in [0.2, 0.25) is 0 Å². The van der Waals surface area contributed by atoms with E-state index >= 15 is 0 Å². The van der Waals surface area contributed by atoms with E-state index in [-0.39, 0.29) is 42.8 Å². The molecule has 0 fully saturated rings. The first kappa shape index (κ1) is 37.1. The van der Waals surface area contributed by atoms with E-state index in [0.29, 0.717) is 46.6 Å². The van der Waals surface area contributed by atoms with Gasteiger partial charge in [-0.2, -0.15) is 9.68 Å². The third kappa shape index (κ3) is 10.2. The summed E-state index contributed by atoms with van der Waals surface area (Å²) in [6.45, 7) is -0.186. The van der Waals surface area contributed by atoms with Gasteiger partial charge in [-0.1, -0.05) is 109 Å². The number of aryl methyl sites for hydroxylation is 2. The van der Waals surface area contributed by atoms with E-state index in [1.807, 2.05) is 48.5 Å². The zero-order valence-electron chi connectivity index (χ0n) is 29.2. The molecule has 0 atom stereocenters. The molecule has 0 aromatic heterocycles. The zero-order valence-corrected chi connectivity index (χ0v) is 29.2. The normalized spacial score (nSPS) is 10.7. The molecular weight excluding hydrogens is 692 g/mol. The van der Waals surface area contributed by atoms with Gasteiger partial charge in [-0.05, 0) is 82.6 Å². The molecule has 272 valence electrons. The van der Waals surface area contributed by atoms with Crippen LogP contribution < -0.4 is 9.47 Å². The molecule has 0 heterocycles. The summed E-state index contributed by atoms with van der Waals surface area (Å²) < 4.78 is 39.7. The van der Waals surface area contributed by atoms with Crippen LogP contribution in [-0.4, -0.2) is 17.0 Å². The third-order valence-corrected chi connectivity index (χ3v) is 8.54. The Kier molecular flexibility index (Phi) is 12.5. The molecule has 0 aliphatic rings. The molecule has 54 heavy (non-hydrogen) atoms. The Labute approximate surface area is 311 Å². The van der Waals surface area contributed by atoms with E-state index in [9.17, 15) is 23.3 Å². The third-order valence-electron chi connectivity index (χ3n) is 8.54. The average molecular weight is 729 g/mol. The summed E-state index contributed by atoms with van der Waals surface area (Å²) in [6, 6.07) is 40.8. The van der Waals surface area contributed by atoms with Crippen molar-refractivity contribution in [2.24, 2.45) is 0 Å². The fourth-order valence-electron chi connectivity index (χ4n) is 5.80. The number of esters is 2. The predicted molar refractivity (Wildman–Crippen MR) is 198 cm³/mol. The minimum atomic E-state index is -0.438. The van der Waals surface area contributed by atoms with Gasteiger partial charge in [-0.15, -0.1) is 0 Å². The van der Waals surface area contributed by atoms with Crippen LogP contribution in [0.15, 0.2) is 146 Å². The quantitative estimate of drug-likeness (QED) is 0.0557. The van der Waals surface area contributed by atoms with Crippen LogP contribution in [-0.2, 0) is 45.3 Å². The van der Waals surface area contributed by atoms with Crippen molar-refractivity contribution in [1.29, 1.82) is 0 Å². The van der Waals surface area contributed by atoms with E-state index in [1.165, 1.54) is 12.1 Å². The summed E-state index contributed by atoms with van der Waals surface area (Å²) in [5, 5.41) is 0.0141. The highest BCUT2D eigenvalue weighted by Crippen LogP contribution is 2.29. The first-order valence-corrected chi connectivity index (χ1v) is 17.3. The summed E-state index contributed by atoms with van der Waals surface area (Å²) in [4.78, 5) is 47.6. The zero-order chi connectivity index (χ0) is 37.7. The monoisotopic (exact) mass is 728 g/mol. The van der Waals surface area contributed by atoms with Gasteiger partial charge < -0.3 is 9.47 Å². The topological polar surface area (TPSA) is 91.1 Å². The molecule has 0 spiro atoms. The Morgan fingerprint density at radius 2 is 0.815 bits per heavy atom. The van der Waals surface area contributed by atoms with Crippen LogP contribution in [0.4, 0.5) is 8.78 Å². The van der Waals surface area contributed by atoms with Crippen molar-refractivity contribution < 1.29 is 42.6 Å². The van der Waals surface area contributed by atoms with Crippen LogP contribution in [0, 0.1) is 16.5 Å². The maximum Gasteiger partial charge on any atom is 0.478 e. The molecule has 0 amide bonds. The Bertz CT molecular complexity index is 2070. The van der Waals surface area contributed by atoms with Gasteiger partial charge >= 0.3 is 17.0 Å². The predicted octanol–water partition coefficient (Wildman–Crippen LogP) is 9.72. The van der Waals surface area contributed by atoms with Gasteiger partial charge in [0.15, 0.2) is 13.2 Å². The SMILES string of the molecule is O=C(CCc1ccccc1-c1ccccc1F)Oc1ccc(CO[N+](=O)OCc2ccc(OC(=O)CCc3ccccc3-c3ccccc3F)cc2)cc1. The van der Waals surface area contributed by atoms with Crippen molar-refractivity contribution in [2.45, 2.75) is 38.9 Å². The molecule has 10 heteroatoms. The molecule has 8 nitrogen and oxygen atoms in total. The van der Waals surface area contributed by atoms with Gasteiger partial charge in [0.05, 0.1) is 12.8 Å². The summed E-state index contributed by atoms with van der Waals surface area (Å²) in [5.74, 6) is -0.864. The van der Waals surface area contributed by atoms with Crippen molar-refractivity contribution in [1.82, 2.24) is 0 Å². The highest BCUT2D eigenvalue weighted by molar-refractivity contribution is 5.75. The number of carbonyl (C=O) groups excluding carboxylic acids is 2.